The van der Waals surface area contributed by atoms with Crippen molar-refractivity contribution in [2.75, 3.05) is 39.4 Å². The Morgan fingerprint density at radius 3 is 2.55 bits per heavy atom. The Hall–Kier alpha value is -1.30. The molecule has 0 spiro atoms. The van der Waals surface area contributed by atoms with Crippen LogP contribution in [-0.4, -0.2) is 49.4 Å². The molecule has 0 radical (unpaired) electrons. The van der Waals surface area contributed by atoms with Gasteiger partial charge in [0.1, 0.15) is 13.2 Å². The summed E-state index contributed by atoms with van der Waals surface area (Å²) in [6.45, 7) is 4.48. The van der Waals surface area contributed by atoms with Crippen LogP contribution in [0.4, 0.5) is 0 Å². The molecule has 110 valence electrons. The molecule has 0 aliphatic carbocycles. The van der Waals surface area contributed by atoms with E-state index in [1.165, 1.54) is 0 Å². The molecule has 5 nitrogen and oxygen atoms in total. The van der Waals surface area contributed by atoms with Gasteiger partial charge in [0.2, 0.25) is 0 Å². The van der Waals surface area contributed by atoms with Gasteiger partial charge in [0.05, 0.1) is 5.60 Å². The Labute approximate surface area is 119 Å². The van der Waals surface area contributed by atoms with E-state index in [4.69, 9.17) is 15.2 Å². The van der Waals surface area contributed by atoms with E-state index in [9.17, 15) is 5.11 Å². The van der Waals surface area contributed by atoms with Gasteiger partial charge in [-0.2, -0.15) is 0 Å². The third-order valence-electron chi connectivity index (χ3n) is 4.21. The van der Waals surface area contributed by atoms with Gasteiger partial charge in [-0.1, -0.05) is 6.07 Å². The SMILES string of the molecule is NCCN1CCC(O)(c2ccc3c(c2)OCCO3)CC1. The number of aliphatic hydroxyl groups is 1. The van der Waals surface area contributed by atoms with Crippen molar-refractivity contribution < 1.29 is 14.6 Å². The first-order valence-corrected chi connectivity index (χ1v) is 7.26. The van der Waals surface area contributed by atoms with Crippen LogP contribution < -0.4 is 15.2 Å². The monoisotopic (exact) mass is 278 g/mol. The van der Waals surface area contributed by atoms with E-state index in [2.05, 4.69) is 4.90 Å². The van der Waals surface area contributed by atoms with Gasteiger partial charge >= 0.3 is 0 Å². The van der Waals surface area contributed by atoms with Crippen LogP contribution in [0.1, 0.15) is 18.4 Å². The Morgan fingerprint density at radius 2 is 1.85 bits per heavy atom. The van der Waals surface area contributed by atoms with Crippen molar-refractivity contribution in [3.8, 4) is 11.5 Å². The van der Waals surface area contributed by atoms with Crippen molar-refractivity contribution in [2.24, 2.45) is 5.73 Å². The van der Waals surface area contributed by atoms with Crippen molar-refractivity contribution in [1.29, 1.82) is 0 Å². The van der Waals surface area contributed by atoms with Gasteiger partial charge in [0.25, 0.3) is 0 Å². The lowest BCUT2D eigenvalue weighted by atomic mass is 9.84. The molecule has 5 heteroatoms. The fraction of sp³-hybridized carbons (Fsp3) is 0.600. The van der Waals surface area contributed by atoms with Crippen molar-refractivity contribution in [3.05, 3.63) is 23.8 Å². The molecule has 2 heterocycles. The summed E-state index contributed by atoms with van der Waals surface area (Å²) in [5.41, 5.74) is 5.74. The molecule has 3 N–H and O–H groups in total. The molecule has 20 heavy (non-hydrogen) atoms. The van der Waals surface area contributed by atoms with Gasteiger partial charge in [0.15, 0.2) is 11.5 Å². The first-order valence-electron chi connectivity index (χ1n) is 7.26. The quantitative estimate of drug-likeness (QED) is 0.852. The topological polar surface area (TPSA) is 68.0 Å². The lowest BCUT2D eigenvalue weighted by Gasteiger charge is -2.38. The van der Waals surface area contributed by atoms with E-state index in [0.717, 1.165) is 49.5 Å². The molecule has 3 rings (SSSR count). The normalized spacial score (nSPS) is 21.7. The molecule has 1 fully saturated rings. The van der Waals surface area contributed by atoms with Crippen LogP contribution >= 0.6 is 0 Å². The highest BCUT2D eigenvalue weighted by Crippen LogP contribution is 2.38. The smallest absolute Gasteiger partial charge is 0.161 e. The molecule has 0 bridgehead atoms. The zero-order valence-corrected chi connectivity index (χ0v) is 11.7. The first kappa shape index (κ1) is 13.7. The molecule has 2 aliphatic rings. The van der Waals surface area contributed by atoms with Crippen LogP contribution in [0.3, 0.4) is 0 Å². The number of nitrogens with zero attached hydrogens (tertiary/aromatic N) is 1. The molecule has 2 aliphatic heterocycles. The van der Waals surface area contributed by atoms with Gasteiger partial charge in [-0.25, -0.2) is 0 Å². The number of fused-ring (bicyclic) bond motifs is 1. The predicted molar refractivity (Wildman–Crippen MR) is 76.1 cm³/mol. The van der Waals surface area contributed by atoms with Crippen molar-refractivity contribution >= 4 is 0 Å². The number of hydrogen-bond acceptors (Lipinski definition) is 5. The summed E-state index contributed by atoms with van der Waals surface area (Å²) < 4.78 is 11.1. The summed E-state index contributed by atoms with van der Waals surface area (Å²) >= 11 is 0. The molecule has 1 aromatic carbocycles. The average molecular weight is 278 g/mol. The van der Waals surface area contributed by atoms with Gasteiger partial charge in [-0.15, -0.1) is 0 Å². The highest BCUT2D eigenvalue weighted by molar-refractivity contribution is 5.45. The van der Waals surface area contributed by atoms with E-state index < -0.39 is 5.60 Å². The highest BCUT2D eigenvalue weighted by Gasteiger charge is 2.34. The summed E-state index contributed by atoms with van der Waals surface area (Å²) in [4.78, 5) is 2.30. The van der Waals surface area contributed by atoms with Crippen LogP contribution in [0.5, 0.6) is 11.5 Å². The van der Waals surface area contributed by atoms with E-state index >= 15 is 0 Å². The molecule has 1 saturated heterocycles. The average Bonchev–Trinajstić information content (AvgIpc) is 2.49. The Balaban J connectivity index is 1.75. The van der Waals surface area contributed by atoms with Crippen molar-refractivity contribution in [1.82, 2.24) is 4.90 Å². The number of likely N-dealkylation sites (tertiary alicyclic amines) is 1. The molecule has 0 amide bonds. The van der Waals surface area contributed by atoms with Crippen LogP contribution in [0.25, 0.3) is 0 Å². The number of benzene rings is 1. The fourth-order valence-electron chi connectivity index (χ4n) is 2.95. The maximum Gasteiger partial charge on any atom is 0.161 e. The highest BCUT2D eigenvalue weighted by atomic mass is 16.6. The van der Waals surface area contributed by atoms with Crippen LogP contribution in [0.15, 0.2) is 18.2 Å². The number of rotatable bonds is 3. The molecule has 0 atom stereocenters. The minimum atomic E-state index is -0.763. The predicted octanol–water partition coefficient (Wildman–Crippen LogP) is 0.700. The number of hydrogen-bond donors (Lipinski definition) is 2. The molecule has 0 unspecified atom stereocenters. The van der Waals surface area contributed by atoms with E-state index in [1.807, 2.05) is 18.2 Å². The number of ether oxygens (including phenoxy) is 2. The lowest BCUT2D eigenvalue weighted by Crippen LogP contribution is -2.44. The third-order valence-corrected chi connectivity index (χ3v) is 4.21. The minimum absolute atomic E-state index is 0.569. The summed E-state index contributed by atoms with van der Waals surface area (Å²) in [7, 11) is 0. The second kappa shape index (κ2) is 5.60. The molecular formula is C15H22N2O3. The Bertz CT molecular complexity index is 470. The van der Waals surface area contributed by atoms with Crippen LogP contribution in [0.2, 0.25) is 0 Å². The van der Waals surface area contributed by atoms with Crippen molar-refractivity contribution in [3.63, 3.8) is 0 Å². The van der Waals surface area contributed by atoms with E-state index in [-0.39, 0.29) is 0 Å². The van der Waals surface area contributed by atoms with Gasteiger partial charge in [-0.3, -0.25) is 0 Å². The summed E-state index contributed by atoms with van der Waals surface area (Å²) in [5.74, 6) is 1.51. The Kier molecular flexibility index (Phi) is 3.83. The zero-order chi connectivity index (χ0) is 14.0. The maximum absolute atomic E-state index is 10.9. The van der Waals surface area contributed by atoms with Crippen LogP contribution in [0, 0.1) is 0 Å². The first-order chi connectivity index (χ1) is 9.71. The lowest BCUT2D eigenvalue weighted by molar-refractivity contribution is -0.0254. The second-order valence-electron chi connectivity index (χ2n) is 5.52. The molecule has 0 aromatic heterocycles. The van der Waals surface area contributed by atoms with Gasteiger partial charge in [0, 0.05) is 26.2 Å². The fourth-order valence-corrected chi connectivity index (χ4v) is 2.95. The second-order valence-corrected chi connectivity index (χ2v) is 5.52. The van der Waals surface area contributed by atoms with E-state index in [0.29, 0.717) is 19.8 Å². The van der Waals surface area contributed by atoms with Crippen LogP contribution in [-0.2, 0) is 5.60 Å². The third kappa shape index (κ3) is 2.61. The molecule has 1 aromatic rings. The summed E-state index contributed by atoms with van der Waals surface area (Å²) in [6, 6.07) is 5.77. The molecular weight excluding hydrogens is 256 g/mol. The largest absolute Gasteiger partial charge is 0.486 e. The number of nitrogens with two attached hydrogens (primary N) is 1. The number of piperidine rings is 1. The molecule has 0 saturated carbocycles. The van der Waals surface area contributed by atoms with Gasteiger partial charge in [-0.05, 0) is 30.5 Å². The minimum Gasteiger partial charge on any atom is -0.486 e. The summed E-state index contributed by atoms with van der Waals surface area (Å²) in [6.07, 6.45) is 1.46. The maximum atomic E-state index is 10.9. The standard InChI is InChI=1S/C15H22N2O3/c16-5-8-17-6-3-15(18,4-7-17)12-1-2-13-14(11-12)20-10-9-19-13/h1-2,11,18H,3-10,16H2. The summed E-state index contributed by atoms with van der Waals surface area (Å²) in [5, 5.41) is 10.9. The Morgan fingerprint density at radius 1 is 1.15 bits per heavy atom. The van der Waals surface area contributed by atoms with E-state index in [1.54, 1.807) is 0 Å². The van der Waals surface area contributed by atoms with Crippen molar-refractivity contribution in [2.45, 2.75) is 18.4 Å². The zero-order valence-electron chi connectivity index (χ0n) is 11.7. The van der Waals surface area contributed by atoms with Gasteiger partial charge < -0.3 is 25.2 Å².